The molecule has 1 amide bonds. The van der Waals surface area contributed by atoms with E-state index in [1.54, 1.807) is 36.5 Å². The summed E-state index contributed by atoms with van der Waals surface area (Å²) >= 11 is 0. The average Bonchev–Trinajstić information content (AvgIpc) is 2.99. The van der Waals surface area contributed by atoms with Gasteiger partial charge in [-0.2, -0.15) is 0 Å². The van der Waals surface area contributed by atoms with Crippen molar-refractivity contribution >= 4 is 17.0 Å². The van der Waals surface area contributed by atoms with Crippen LogP contribution >= 0.6 is 0 Å². The lowest BCUT2D eigenvalue weighted by molar-refractivity contribution is -0.124. The fourth-order valence-electron chi connectivity index (χ4n) is 3.13. The minimum absolute atomic E-state index is 0.136. The third-order valence-electron chi connectivity index (χ3n) is 4.42. The van der Waals surface area contributed by atoms with Gasteiger partial charge in [-0.15, -0.1) is 0 Å². The highest BCUT2D eigenvalue weighted by atomic mass is 16.5. The summed E-state index contributed by atoms with van der Waals surface area (Å²) in [6.07, 6.45) is 2.03. The number of oxazole rings is 1. The molecule has 140 valence electrons. The smallest absolute Gasteiger partial charge is 0.420 e. The number of pyridine rings is 1. The van der Waals surface area contributed by atoms with E-state index in [0.29, 0.717) is 36.6 Å². The molecule has 0 saturated carbocycles. The molecule has 0 spiro atoms. The first-order chi connectivity index (χ1) is 13.2. The zero-order chi connectivity index (χ0) is 18.6. The number of hydrogen-bond acceptors (Lipinski definition) is 6. The van der Waals surface area contributed by atoms with Crippen LogP contribution in [0.4, 0.5) is 0 Å². The highest BCUT2D eigenvalue weighted by Gasteiger charge is 2.29. The van der Waals surface area contributed by atoms with Gasteiger partial charge in [0.1, 0.15) is 12.6 Å². The number of amides is 1. The first-order valence-electron chi connectivity index (χ1n) is 8.74. The number of fused-ring (bicyclic) bond motifs is 1. The van der Waals surface area contributed by atoms with E-state index in [0.717, 1.165) is 0 Å². The molecule has 8 heteroatoms. The SMILES string of the molecule is O=C(Cn1c(=O)oc2ccccc21)N[C@@H]1COCC[C@H]1Oc1ccccn1. The monoisotopic (exact) mass is 369 g/mol. The molecule has 4 rings (SSSR count). The Morgan fingerprint density at radius 2 is 2.11 bits per heavy atom. The van der Waals surface area contributed by atoms with E-state index >= 15 is 0 Å². The molecule has 1 aromatic carbocycles. The van der Waals surface area contributed by atoms with Gasteiger partial charge in [-0.1, -0.05) is 18.2 Å². The van der Waals surface area contributed by atoms with Crippen LogP contribution in [0.3, 0.4) is 0 Å². The minimum Gasteiger partial charge on any atom is -0.472 e. The van der Waals surface area contributed by atoms with Crippen LogP contribution in [0.2, 0.25) is 0 Å². The number of benzene rings is 1. The van der Waals surface area contributed by atoms with Crippen molar-refractivity contribution in [2.75, 3.05) is 13.2 Å². The van der Waals surface area contributed by atoms with Crippen LogP contribution in [0.5, 0.6) is 5.88 Å². The third-order valence-corrected chi connectivity index (χ3v) is 4.42. The van der Waals surface area contributed by atoms with Crippen LogP contribution < -0.4 is 15.8 Å². The lowest BCUT2D eigenvalue weighted by Crippen LogP contribution is -2.52. The molecular formula is C19H19N3O5. The maximum Gasteiger partial charge on any atom is 0.420 e. The molecule has 1 fully saturated rings. The zero-order valence-electron chi connectivity index (χ0n) is 14.5. The summed E-state index contributed by atoms with van der Waals surface area (Å²) in [5, 5.41) is 2.90. The van der Waals surface area contributed by atoms with Crippen molar-refractivity contribution < 1.29 is 18.7 Å². The van der Waals surface area contributed by atoms with E-state index in [9.17, 15) is 9.59 Å². The fourth-order valence-corrected chi connectivity index (χ4v) is 3.13. The number of aromatic nitrogens is 2. The summed E-state index contributed by atoms with van der Waals surface area (Å²) < 4.78 is 17.9. The lowest BCUT2D eigenvalue weighted by Gasteiger charge is -2.32. The molecule has 0 bridgehead atoms. The molecule has 0 unspecified atom stereocenters. The molecule has 0 aliphatic carbocycles. The predicted molar refractivity (Wildman–Crippen MR) is 96.5 cm³/mol. The van der Waals surface area contributed by atoms with Gasteiger partial charge in [0.2, 0.25) is 11.8 Å². The van der Waals surface area contributed by atoms with E-state index < -0.39 is 5.76 Å². The summed E-state index contributed by atoms with van der Waals surface area (Å²) in [7, 11) is 0. The van der Waals surface area contributed by atoms with E-state index in [-0.39, 0.29) is 24.6 Å². The Morgan fingerprint density at radius 3 is 2.96 bits per heavy atom. The molecule has 0 radical (unpaired) electrons. The fraction of sp³-hybridized carbons (Fsp3) is 0.316. The van der Waals surface area contributed by atoms with E-state index in [2.05, 4.69) is 10.3 Å². The standard InChI is InChI=1S/C19H19N3O5/c23-17(11-22-14-5-1-2-6-16(14)27-19(22)24)21-13-12-25-10-8-15(13)26-18-7-3-4-9-20-18/h1-7,9,13,15H,8,10-12H2,(H,21,23)/t13-,15-/m1/s1. The first-order valence-corrected chi connectivity index (χ1v) is 8.74. The third kappa shape index (κ3) is 3.85. The number of nitrogens with one attached hydrogen (secondary N) is 1. The maximum atomic E-state index is 12.5. The van der Waals surface area contributed by atoms with Crippen LogP contribution in [0.1, 0.15) is 6.42 Å². The van der Waals surface area contributed by atoms with Gasteiger partial charge in [-0.3, -0.25) is 9.36 Å². The Kier molecular flexibility index (Phi) is 4.88. The Morgan fingerprint density at radius 1 is 1.26 bits per heavy atom. The number of carbonyl (C=O) groups is 1. The van der Waals surface area contributed by atoms with Gasteiger partial charge in [0.15, 0.2) is 5.58 Å². The van der Waals surface area contributed by atoms with E-state index in [1.807, 2.05) is 12.1 Å². The van der Waals surface area contributed by atoms with Gasteiger partial charge in [-0.25, -0.2) is 9.78 Å². The second kappa shape index (κ2) is 7.63. The van der Waals surface area contributed by atoms with Crippen molar-refractivity contribution in [3.8, 4) is 5.88 Å². The van der Waals surface area contributed by atoms with Crippen molar-refractivity contribution in [1.29, 1.82) is 0 Å². The predicted octanol–water partition coefficient (Wildman–Crippen LogP) is 1.34. The summed E-state index contributed by atoms with van der Waals surface area (Å²) in [5.74, 6) is -0.373. The van der Waals surface area contributed by atoms with E-state index in [4.69, 9.17) is 13.9 Å². The molecule has 8 nitrogen and oxygen atoms in total. The molecule has 1 aliphatic rings. The average molecular weight is 369 g/mol. The van der Waals surface area contributed by atoms with Crippen molar-refractivity contribution in [2.45, 2.75) is 25.1 Å². The van der Waals surface area contributed by atoms with Crippen LogP contribution in [0.15, 0.2) is 57.9 Å². The van der Waals surface area contributed by atoms with Gasteiger partial charge in [-0.05, 0) is 18.2 Å². The second-order valence-electron chi connectivity index (χ2n) is 6.28. The zero-order valence-corrected chi connectivity index (χ0v) is 14.5. The quantitative estimate of drug-likeness (QED) is 0.729. The van der Waals surface area contributed by atoms with Crippen molar-refractivity contribution in [1.82, 2.24) is 14.9 Å². The molecule has 2 atom stereocenters. The van der Waals surface area contributed by atoms with Crippen LogP contribution in [-0.4, -0.2) is 40.8 Å². The second-order valence-corrected chi connectivity index (χ2v) is 6.28. The van der Waals surface area contributed by atoms with Crippen molar-refractivity contribution in [2.24, 2.45) is 0 Å². The number of rotatable bonds is 5. The molecule has 1 N–H and O–H groups in total. The molecule has 1 aliphatic heterocycles. The van der Waals surface area contributed by atoms with Crippen LogP contribution in [0.25, 0.3) is 11.1 Å². The topological polar surface area (TPSA) is 95.6 Å². The molecule has 3 heterocycles. The van der Waals surface area contributed by atoms with Gasteiger partial charge < -0.3 is 19.2 Å². The van der Waals surface area contributed by atoms with Crippen molar-refractivity contribution in [3.63, 3.8) is 0 Å². The molecule has 2 aromatic heterocycles. The first kappa shape index (κ1) is 17.3. The number of nitrogens with zero attached hydrogens (tertiary/aromatic N) is 2. The molecule has 3 aromatic rings. The maximum absolute atomic E-state index is 12.5. The van der Waals surface area contributed by atoms with Crippen molar-refractivity contribution in [3.05, 3.63) is 59.2 Å². The Labute approximate surface area is 154 Å². The molecule has 27 heavy (non-hydrogen) atoms. The van der Waals surface area contributed by atoms with Gasteiger partial charge in [0.25, 0.3) is 0 Å². The molecule has 1 saturated heterocycles. The summed E-state index contributed by atoms with van der Waals surface area (Å²) in [6, 6.07) is 12.1. The van der Waals surface area contributed by atoms with Gasteiger partial charge in [0.05, 0.1) is 24.8 Å². The largest absolute Gasteiger partial charge is 0.472 e. The highest BCUT2D eigenvalue weighted by molar-refractivity contribution is 5.79. The normalized spacial score (nSPS) is 19.7. The van der Waals surface area contributed by atoms with Crippen LogP contribution in [0, 0.1) is 0 Å². The summed E-state index contributed by atoms with van der Waals surface area (Å²) in [4.78, 5) is 28.7. The molecular weight excluding hydrogens is 350 g/mol. The number of carbonyl (C=O) groups excluding carboxylic acids is 1. The Bertz CT molecular complexity index is 982. The Hall–Kier alpha value is -3.13. The van der Waals surface area contributed by atoms with Gasteiger partial charge >= 0.3 is 5.76 Å². The lowest BCUT2D eigenvalue weighted by atomic mass is 10.1. The Balaban J connectivity index is 1.45. The number of para-hydroxylation sites is 2. The highest BCUT2D eigenvalue weighted by Crippen LogP contribution is 2.16. The summed E-state index contributed by atoms with van der Waals surface area (Å²) in [5.41, 5.74) is 1.03. The summed E-state index contributed by atoms with van der Waals surface area (Å²) in [6.45, 7) is 0.753. The number of ether oxygens (including phenoxy) is 2. The number of hydrogen-bond donors (Lipinski definition) is 1. The minimum atomic E-state index is -0.562. The van der Waals surface area contributed by atoms with Gasteiger partial charge in [0, 0.05) is 18.7 Å². The van der Waals surface area contributed by atoms with Crippen LogP contribution in [-0.2, 0) is 16.1 Å². The van der Waals surface area contributed by atoms with E-state index in [1.165, 1.54) is 4.57 Å².